The lowest BCUT2D eigenvalue weighted by Crippen LogP contribution is -2.61. The van der Waals surface area contributed by atoms with Crippen molar-refractivity contribution in [2.45, 2.75) is 25.5 Å². The number of hydrogen-bond acceptors (Lipinski definition) is 7. The van der Waals surface area contributed by atoms with Crippen molar-refractivity contribution in [3.05, 3.63) is 59.7 Å². The summed E-state index contributed by atoms with van der Waals surface area (Å²) < 4.78 is 0. The first-order chi connectivity index (χ1) is 18.2. The summed E-state index contributed by atoms with van der Waals surface area (Å²) in [6.45, 7) is 9.00. The zero-order chi connectivity index (χ0) is 27.1. The van der Waals surface area contributed by atoms with Gasteiger partial charge in [-0.15, -0.1) is 0 Å². The molecule has 0 bridgehead atoms. The number of rotatable bonds is 5. The molecule has 0 radical (unpaired) electrons. The average molecular weight is 521 g/mol. The summed E-state index contributed by atoms with van der Waals surface area (Å²) in [6.07, 6.45) is 0. The third-order valence-electron chi connectivity index (χ3n) is 6.85. The molecule has 5 N–H and O–H groups in total. The predicted octanol–water partition coefficient (Wildman–Crippen LogP) is 0.973. The van der Waals surface area contributed by atoms with Gasteiger partial charge in [-0.25, -0.2) is 10.3 Å². The summed E-state index contributed by atoms with van der Waals surface area (Å²) in [4.78, 5) is 30.7. The molecule has 202 valence electrons. The van der Waals surface area contributed by atoms with Crippen LogP contribution in [0, 0.1) is 11.8 Å². The molecule has 2 heterocycles. The lowest BCUT2D eigenvalue weighted by molar-refractivity contribution is -0.136. The van der Waals surface area contributed by atoms with Crippen LogP contribution in [-0.2, 0) is 4.79 Å². The van der Waals surface area contributed by atoms with Crippen LogP contribution in [-0.4, -0.2) is 91.2 Å². The van der Waals surface area contributed by atoms with Crippen LogP contribution in [0.5, 0.6) is 0 Å². The summed E-state index contributed by atoms with van der Waals surface area (Å²) in [5.74, 6) is 5.60. The molecule has 0 saturated carbocycles. The number of carbonyl (C=O) groups excluding carboxylic acids is 2. The van der Waals surface area contributed by atoms with Gasteiger partial charge >= 0.3 is 6.03 Å². The number of amides is 3. The number of anilines is 2. The van der Waals surface area contributed by atoms with E-state index in [9.17, 15) is 14.7 Å². The Morgan fingerprint density at radius 2 is 1.32 bits per heavy atom. The number of nitrogens with one attached hydrogen (secondary N) is 3. The van der Waals surface area contributed by atoms with Gasteiger partial charge < -0.3 is 30.4 Å². The summed E-state index contributed by atoms with van der Waals surface area (Å²) in [5.41, 5.74) is 4.13. The highest BCUT2D eigenvalue weighted by atomic mass is 16.5. The number of piperazine rings is 2. The largest absolute Gasteiger partial charge is 0.388 e. The molecule has 0 spiro atoms. The molecule has 2 aliphatic rings. The SMILES string of the molecule is CC(C)(O)[C@H](NC(=O)N1CCN(c2ccc(C#Cc3ccc(N4CCNCC4)cc3)cc2)CC1)C(=O)NO. The average Bonchev–Trinajstić information content (AvgIpc) is 2.95. The van der Waals surface area contributed by atoms with Gasteiger partial charge in [-0.3, -0.25) is 10.0 Å². The number of hydroxylamine groups is 1. The van der Waals surface area contributed by atoms with Crippen LogP contribution in [0.1, 0.15) is 25.0 Å². The molecule has 0 aromatic heterocycles. The molecular formula is C28H36N6O4. The van der Waals surface area contributed by atoms with Gasteiger partial charge in [0.05, 0.1) is 5.60 Å². The molecule has 2 aromatic rings. The van der Waals surface area contributed by atoms with Gasteiger partial charge in [0.2, 0.25) is 0 Å². The Labute approximate surface area is 223 Å². The molecule has 2 aromatic carbocycles. The second-order valence-electron chi connectivity index (χ2n) is 10.1. The summed E-state index contributed by atoms with van der Waals surface area (Å²) >= 11 is 0. The third kappa shape index (κ3) is 6.95. The molecule has 1 atom stereocenters. The number of carbonyl (C=O) groups is 2. The van der Waals surface area contributed by atoms with Crippen molar-refractivity contribution in [2.24, 2.45) is 0 Å². The van der Waals surface area contributed by atoms with E-state index < -0.39 is 23.6 Å². The van der Waals surface area contributed by atoms with Crippen molar-refractivity contribution >= 4 is 23.3 Å². The van der Waals surface area contributed by atoms with Crippen molar-refractivity contribution < 1.29 is 19.9 Å². The standard InChI is InChI=1S/C28H36N6O4/c1-28(2,37)25(26(35)31-38)30-27(36)34-19-17-33(18-20-34)24-11-7-22(8-12-24)4-3-21-5-9-23(10-6-21)32-15-13-29-14-16-32/h5-12,25,29,37-38H,13-20H2,1-2H3,(H,30,36)(H,31,35)/t25-/m1/s1. The van der Waals surface area contributed by atoms with Gasteiger partial charge in [0.25, 0.3) is 5.91 Å². The van der Waals surface area contributed by atoms with E-state index in [1.54, 1.807) is 4.90 Å². The maximum atomic E-state index is 12.7. The summed E-state index contributed by atoms with van der Waals surface area (Å²) in [6, 6.07) is 14.7. The Morgan fingerprint density at radius 3 is 1.76 bits per heavy atom. The van der Waals surface area contributed by atoms with Gasteiger partial charge in [0.15, 0.2) is 0 Å². The lowest BCUT2D eigenvalue weighted by atomic mass is 9.98. The fraction of sp³-hybridized carbons (Fsp3) is 0.429. The number of benzene rings is 2. The minimum Gasteiger partial charge on any atom is -0.388 e. The summed E-state index contributed by atoms with van der Waals surface area (Å²) in [7, 11) is 0. The zero-order valence-corrected chi connectivity index (χ0v) is 21.9. The molecule has 10 heteroatoms. The van der Waals surface area contributed by atoms with Crippen molar-refractivity contribution in [3.63, 3.8) is 0 Å². The van der Waals surface area contributed by atoms with Crippen LogP contribution >= 0.6 is 0 Å². The van der Waals surface area contributed by atoms with Gasteiger partial charge in [-0.05, 0) is 62.4 Å². The topological polar surface area (TPSA) is 120 Å². The number of nitrogens with zero attached hydrogens (tertiary/aromatic N) is 3. The van der Waals surface area contributed by atoms with E-state index >= 15 is 0 Å². The quantitative estimate of drug-likeness (QED) is 0.226. The fourth-order valence-electron chi connectivity index (χ4n) is 4.59. The highest BCUT2D eigenvalue weighted by molar-refractivity contribution is 5.87. The number of hydrogen-bond donors (Lipinski definition) is 5. The number of aliphatic hydroxyl groups is 1. The molecule has 3 amide bonds. The van der Waals surface area contributed by atoms with Crippen molar-refractivity contribution in [3.8, 4) is 11.8 Å². The first kappa shape index (κ1) is 27.3. The molecule has 10 nitrogen and oxygen atoms in total. The second kappa shape index (κ2) is 12.2. The van der Waals surface area contributed by atoms with Crippen molar-refractivity contribution in [2.75, 3.05) is 62.2 Å². The second-order valence-corrected chi connectivity index (χ2v) is 10.1. The molecule has 38 heavy (non-hydrogen) atoms. The van der Waals surface area contributed by atoms with Crippen molar-refractivity contribution in [1.82, 2.24) is 21.0 Å². The van der Waals surface area contributed by atoms with E-state index in [0.717, 1.165) is 43.0 Å². The lowest BCUT2D eigenvalue weighted by Gasteiger charge is -2.37. The highest BCUT2D eigenvalue weighted by Crippen LogP contribution is 2.19. The Bertz CT molecular complexity index is 1150. The van der Waals surface area contributed by atoms with Gasteiger partial charge in [0.1, 0.15) is 6.04 Å². The van der Waals surface area contributed by atoms with Crippen LogP contribution in [0.4, 0.5) is 16.2 Å². The molecule has 4 rings (SSSR count). The van der Waals surface area contributed by atoms with Crippen LogP contribution in [0.15, 0.2) is 48.5 Å². The van der Waals surface area contributed by atoms with E-state index in [4.69, 9.17) is 5.21 Å². The van der Waals surface area contributed by atoms with Crippen LogP contribution < -0.4 is 25.9 Å². The summed E-state index contributed by atoms with van der Waals surface area (Å²) in [5, 5.41) is 25.0. The maximum Gasteiger partial charge on any atom is 0.318 e. The number of urea groups is 1. The maximum absolute atomic E-state index is 12.7. The molecule has 2 aliphatic heterocycles. The molecule has 2 saturated heterocycles. The minimum absolute atomic E-state index is 0.455. The molecule has 0 aliphatic carbocycles. The van der Waals surface area contributed by atoms with E-state index in [-0.39, 0.29) is 0 Å². The van der Waals surface area contributed by atoms with Gasteiger partial charge in [0, 0.05) is 74.9 Å². The van der Waals surface area contributed by atoms with E-state index in [2.05, 4.69) is 56.5 Å². The minimum atomic E-state index is -1.54. The molecule has 0 unspecified atom stereocenters. The Morgan fingerprint density at radius 1 is 0.842 bits per heavy atom. The van der Waals surface area contributed by atoms with E-state index in [1.807, 2.05) is 24.3 Å². The van der Waals surface area contributed by atoms with E-state index in [1.165, 1.54) is 25.0 Å². The Hall–Kier alpha value is -3.78. The van der Waals surface area contributed by atoms with Crippen LogP contribution in [0.3, 0.4) is 0 Å². The van der Waals surface area contributed by atoms with Crippen molar-refractivity contribution in [1.29, 1.82) is 0 Å². The molecule has 2 fully saturated rings. The fourth-order valence-corrected chi connectivity index (χ4v) is 4.59. The van der Waals surface area contributed by atoms with Gasteiger partial charge in [-0.1, -0.05) is 11.8 Å². The van der Waals surface area contributed by atoms with E-state index in [0.29, 0.717) is 26.2 Å². The normalized spacial score (nSPS) is 16.8. The van der Waals surface area contributed by atoms with Crippen LogP contribution in [0.2, 0.25) is 0 Å². The zero-order valence-electron chi connectivity index (χ0n) is 21.9. The monoisotopic (exact) mass is 520 g/mol. The Balaban J connectivity index is 1.29. The highest BCUT2D eigenvalue weighted by Gasteiger charge is 2.36. The van der Waals surface area contributed by atoms with Crippen LogP contribution in [0.25, 0.3) is 0 Å². The smallest absolute Gasteiger partial charge is 0.318 e. The Kier molecular flexibility index (Phi) is 8.73. The first-order valence-corrected chi connectivity index (χ1v) is 12.9. The van der Waals surface area contributed by atoms with Gasteiger partial charge in [-0.2, -0.15) is 0 Å². The predicted molar refractivity (Wildman–Crippen MR) is 146 cm³/mol. The molecular weight excluding hydrogens is 484 g/mol. The third-order valence-corrected chi connectivity index (χ3v) is 6.85. The first-order valence-electron chi connectivity index (χ1n) is 12.9.